The lowest BCUT2D eigenvalue weighted by Gasteiger charge is -2.11. The van der Waals surface area contributed by atoms with Crippen LogP contribution in [0.4, 0.5) is 0 Å². The molecule has 1 aromatic heterocycles. The Morgan fingerprint density at radius 1 is 1.67 bits per heavy atom. The van der Waals surface area contributed by atoms with Crippen molar-refractivity contribution in [3.05, 3.63) is 23.9 Å². The maximum Gasteiger partial charge on any atom is 0.248 e. The Morgan fingerprint density at radius 2 is 2.53 bits per heavy atom. The van der Waals surface area contributed by atoms with Gasteiger partial charge in [-0.3, -0.25) is 4.79 Å². The van der Waals surface area contributed by atoms with Gasteiger partial charge in [0.2, 0.25) is 11.8 Å². The fourth-order valence-corrected chi connectivity index (χ4v) is 2.50. The summed E-state index contributed by atoms with van der Waals surface area (Å²) in [5.74, 6) is 2.14. The molecular formula is C10H12N2O2S. The van der Waals surface area contributed by atoms with Gasteiger partial charge in [-0.05, 0) is 18.2 Å². The van der Waals surface area contributed by atoms with E-state index in [4.69, 9.17) is 10.5 Å². The standard InChI is InChI=1S/C10H12N2O2S/c11-10(13)7-1-3-12-9(5-7)14-8-2-4-15-6-8/h1,3,5,8H,2,4,6H2,(H2,11,13)/t8-/m1/s1. The number of nitrogens with two attached hydrogens (primary N) is 1. The van der Waals surface area contributed by atoms with Gasteiger partial charge in [0.25, 0.3) is 0 Å². The summed E-state index contributed by atoms with van der Waals surface area (Å²) in [5.41, 5.74) is 5.60. The summed E-state index contributed by atoms with van der Waals surface area (Å²) in [6, 6.07) is 3.17. The molecule has 0 radical (unpaired) electrons. The van der Waals surface area contributed by atoms with Gasteiger partial charge in [-0.1, -0.05) is 0 Å². The van der Waals surface area contributed by atoms with E-state index >= 15 is 0 Å². The van der Waals surface area contributed by atoms with Gasteiger partial charge in [0, 0.05) is 23.6 Å². The molecule has 15 heavy (non-hydrogen) atoms. The summed E-state index contributed by atoms with van der Waals surface area (Å²) in [5, 5.41) is 0. The van der Waals surface area contributed by atoms with E-state index in [0.29, 0.717) is 11.4 Å². The minimum atomic E-state index is -0.456. The molecule has 0 aliphatic carbocycles. The van der Waals surface area contributed by atoms with Crippen LogP contribution in [-0.2, 0) is 0 Å². The van der Waals surface area contributed by atoms with Gasteiger partial charge in [0.15, 0.2) is 0 Å². The van der Waals surface area contributed by atoms with Gasteiger partial charge in [-0.2, -0.15) is 11.8 Å². The van der Waals surface area contributed by atoms with E-state index in [9.17, 15) is 4.79 Å². The maximum absolute atomic E-state index is 10.9. The molecule has 2 N–H and O–H groups in total. The number of pyridine rings is 1. The zero-order chi connectivity index (χ0) is 10.7. The van der Waals surface area contributed by atoms with Crippen LogP contribution < -0.4 is 10.5 Å². The number of nitrogens with zero attached hydrogens (tertiary/aromatic N) is 1. The zero-order valence-electron chi connectivity index (χ0n) is 8.18. The second-order valence-electron chi connectivity index (χ2n) is 3.35. The third-order valence-corrected chi connectivity index (χ3v) is 3.33. The highest BCUT2D eigenvalue weighted by atomic mass is 32.2. The summed E-state index contributed by atoms with van der Waals surface area (Å²) in [4.78, 5) is 15.0. The molecule has 0 unspecified atom stereocenters. The average Bonchev–Trinajstić information content (AvgIpc) is 2.71. The number of amides is 1. The maximum atomic E-state index is 10.9. The number of ether oxygens (including phenoxy) is 1. The Balaban J connectivity index is 2.07. The highest BCUT2D eigenvalue weighted by Crippen LogP contribution is 2.22. The van der Waals surface area contributed by atoms with Gasteiger partial charge in [0.1, 0.15) is 6.10 Å². The first kappa shape index (κ1) is 10.3. The van der Waals surface area contributed by atoms with Crippen LogP contribution in [0.25, 0.3) is 0 Å². The minimum absolute atomic E-state index is 0.214. The molecule has 2 heterocycles. The van der Waals surface area contributed by atoms with E-state index in [1.54, 1.807) is 12.1 Å². The van der Waals surface area contributed by atoms with Crippen molar-refractivity contribution in [3.8, 4) is 5.88 Å². The Hall–Kier alpha value is -1.23. The first-order valence-corrected chi connectivity index (χ1v) is 5.91. The highest BCUT2D eigenvalue weighted by molar-refractivity contribution is 7.99. The molecule has 80 valence electrons. The second-order valence-corrected chi connectivity index (χ2v) is 4.50. The molecule has 0 aromatic carbocycles. The summed E-state index contributed by atoms with van der Waals surface area (Å²) in [6.45, 7) is 0. The predicted molar refractivity (Wildman–Crippen MR) is 59.1 cm³/mol. The van der Waals surface area contributed by atoms with Crippen molar-refractivity contribution >= 4 is 17.7 Å². The second kappa shape index (κ2) is 4.53. The first-order valence-electron chi connectivity index (χ1n) is 4.76. The van der Waals surface area contributed by atoms with E-state index < -0.39 is 5.91 Å². The van der Waals surface area contributed by atoms with Crippen LogP contribution in [0, 0.1) is 0 Å². The molecule has 1 fully saturated rings. The number of hydrogen-bond donors (Lipinski definition) is 1. The van der Waals surface area contributed by atoms with Crippen LogP contribution in [0.5, 0.6) is 5.88 Å². The molecule has 1 atom stereocenters. The lowest BCUT2D eigenvalue weighted by molar-refractivity contribution is 0.0999. The van der Waals surface area contributed by atoms with E-state index in [-0.39, 0.29) is 6.10 Å². The highest BCUT2D eigenvalue weighted by Gasteiger charge is 2.17. The van der Waals surface area contributed by atoms with Crippen molar-refractivity contribution in [1.29, 1.82) is 0 Å². The van der Waals surface area contributed by atoms with Crippen LogP contribution >= 0.6 is 11.8 Å². The summed E-state index contributed by atoms with van der Waals surface area (Å²) >= 11 is 1.87. The Labute approximate surface area is 92.2 Å². The summed E-state index contributed by atoms with van der Waals surface area (Å²) < 4.78 is 5.63. The number of hydrogen-bond acceptors (Lipinski definition) is 4. The fourth-order valence-electron chi connectivity index (χ4n) is 1.40. The lowest BCUT2D eigenvalue weighted by Crippen LogP contribution is -2.16. The molecule has 1 aromatic rings. The minimum Gasteiger partial charge on any atom is -0.473 e. The van der Waals surface area contributed by atoms with Crippen molar-refractivity contribution in [1.82, 2.24) is 4.98 Å². The Bertz CT molecular complexity index is 364. The smallest absolute Gasteiger partial charge is 0.248 e. The zero-order valence-corrected chi connectivity index (χ0v) is 9.00. The third kappa shape index (κ3) is 2.62. The largest absolute Gasteiger partial charge is 0.473 e. The van der Waals surface area contributed by atoms with Crippen molar-refractivity contribution in [3.63, 3.8) is 0 Å². The molecule has 4 nitrogen and oxygen atoms in total. The third-order valence-electron chi connectivity index (χ3n) is 2.19. The number of rotatable bonds is 3. The van der Waals surface area contributed by atoms with Crippen molar-refractivity contribution < 1.29 is 9.53 Å². The van der Waals surface area contributed by atoms with Crippen molar-refractivity contribution in [2.24, 2.45) is 5.73 Å². The van der Waals surface area contributed by atoms with E-state index in [0.717, 1.165) is 17.9 Å². The summed E-state index contributed by atoms with van der Waals surface area (Å²) in [6.07, 6.45) is 2.79. The van der Waals surface area contributed by atoms with Gasteiger partial charge >= 0.3 is 0 Å². The molecule has 1 amide bonds. The number of primary amides is 1. The van der Waals surface area contributed by atoms with E-state index in [1.165, 1.54) is 6.20 Å². The molecule has 1 saturated heterocycles. The average molecular weight is 224 g/mol. The monoisotopic (exact) mass is 224 g/mol. The number of thioether (sulfide) groups is 1. The molecule has 1 aliphatic rings. The number of aromatic nitrogens is 1. The molecule has 0 spiro atoms. The van der Waals surface area contributed by atoms with Gasteiger partial charge < -0.3 is 10.5 Å². The van der Waals surface area contributed by atoms with Crippen molar-refractivity contribution in [2.45, 2.75) is 12.5 Å². The molecule has 2 rings (SSSR count). The van der Waals surface area contributed by atoms with Gasteiger partial charge in [-0.25, -0.2) is 4.98 Å². The molecule has 0 bridgehead atoms. The van der Waals surface area contributed by atoms with Crippen LogP contribution in [-0.4, -0.2) is 28.5 Å². The molecular weight excluding hydrogens is 212 g/mol. The van der Waals surface area contributed by atoms with Gasteiger partial charge in [0.05, 0.1) is 0 Å². The lowest BCUT2D eigenvalue weighted by atomic mass is 10.2. The predicted octanol–water partition coefficient (Wildman–Crippen LogP) is 1.06. The quantitative estimate of drug-likeness (QED) is 0.834. The van der Waals surface area contributed by atoms with Crippen LogP contribution in [0.2, 0.25) is 0 Å². The van der Waals surface area contributed by atoms with Crippen LogP contribution in [0.1, 0.15) is 16.8 Å². The number of carbonyl (C=O) groups is 1. The van der Waals surface area contributed by atoms with E-state index in [2.05, 4.69) is 4.98 Å². The number of carbonyl (C=O) groups excluding carboxylic acids is 1. The van der Waals surface area contributed by atoms with Crippen molar-refractivity contribution in [2.75, 3.05) is 11.5 Å². The molecule has 5 heteroatoms. The topological polar surface area (TPSA) is 65.2 Å². The SMILES string of the molecule is NC(=O)c1ccnc(O[C@@H]2CCSC2)c1. The normalized spacial score (nSPS) is 20.1. The Kier molecular flexibility index (Phi) is 3.11. The Morgan fingerprint density at radius 3 is 3.20 bits per heavy atom. The molecule has 0 saturated carbocycles. The van der Waals surface area contributed by atoms with Crippen LogP contribution in [0.15, 0.2) is 18.3 Å². The summed E-state index contributed by atoms with van der Waals surface area (Å²) in [7, 11) is 0. The molecule has 1 aliphatic heterocycles. The first-order chi connectivity index (χ1) is 7.25. The van der Waals surface area contributed by atoms with Gasteiger partial charge in [-0.15, -0.1) is 0 Å². The van der Waals surface area contributed by atoms with Crippen LogP contribution in [0.3, 0.4) is 0 Å². The fraction of sp³-hybridized carbons (Fsp3) is 0.400. The van der Waals surface area contributed by atoms with E-state index in [1.807, 2.05) is 11.8 Å².